The second-order valence-corrected chi connectivity index (χ2v) is 3.60. The van der Waals surface area contributed by atoms with Crippen molar-refractivity contribution < 1.29 is 4.92 Å². The summed E-state index contributed by atoms with van der Waals surface area (Å²) in [6, 6.07) is 0. The van der Waals surface area contributed by atoms with E-state index in [1.807, 2.05) is 0 Å². The van der Waals surface area contributed by atoms with Crippen LogP contribution < -0.4 is 0 Å². The van der Waals surface area contributed by atoms with Gasteiger partial charge in [0.25, 0.3) is 0 Å². The Morgan fingerprint density at radius 2 is 2.20 bits per heavy atom. The number of unbranched alkanes of at least 4 members (excludes halogenated alkanes) is 3. The highest BCUT2D eigenvalue weighted by Crippen LogP contribution is 2.20. The molecule has 0 atom stereocenters. The van der Waals surface area contributed by atoms with E-state index in [0.29, 0.717) is 6.54 Å². The first-order valence-corrected chi connectivity index (χ1v) is 5.28. The molecule has 1 aromatic rings. The van der Waals surface area contributed by atoms with Gasteiger partial charge in [0.2, 0.25) is 5.15 Å². The molecule has 0 spiro atoms. The van der Waals surface area contributed by atoms with Gasteiger partial charge in [-0.1, -0.05) is 37.8 Å². The molecule has 0 N–H and O–H groups in total. The molecule has 6 nitrogen and oxygen atoms in total. The maximum atomic E-state index is 10.4. The van der Waals surface area contributed by atoms with Gasteiger partial charge in [0.15, 0.2) is 0 Å². The fraction of sp³-hybridized carbons (Fsp3) is 0.750. The Bertz CT molecular complexity index is 339. The minimum atomic E-state index is -0.627. The van der Waals surface area contributed by atoms with E-state index in [9.17, 15) is 10.1 Å². The third-order valence-electron chi connectivity index (χ3n) is 2.05. The van der Waals surface area contributed by atoms with Crippen molar-refractivity contribution in [1.82, 2.24) is 15.0 Å². The fourth-order valence-electron chi connectivity index (χ4n) is 1.24. The second kappa shape index (κ2) is 5.65. The summed E-state index contributed by atoms with van der Waals surface area (Å²) in [5, 5.41) is 17.5. The van der Waals surface area contributed by atoms with E-state index in [1.54, 1.807) is 0 Å². The number of hydrogen-bond donors (Lipinski definition) is 0. The summed E-state index contributed by atoms with van der Waals surface area (Å²) in [5.74, 6) is -0.368. The van der Waals surface area contributed by atoms with E-state index in [-0.39, 0.29) is 11.0 Å². The van der Waals surface area contributed by atoms with Gasteiger partial charge in [-0.15, -0.1) is 0 Å². The van der Waals surface area contributed by atoms with Gasteiger partial charge in [-0.05, 0) is 11.3 Å². The lowest BCUT2D eigenvalue weighted by Gasteiger charge is -1.99. The second-order valence-electron chi connectivity index (χ2n) is 3.24. The Morgan fingerprint density at radius 3 is 2.73 bits per heavy atom. The first-order chi connectivity index (χ1) is 7.16. The lowest BCUT2D eigenvalue weighted by Crippen LogP contribution is -2.00. The highest BCUT2D eigenvalue weighted by Gasteiger charge is 2.21. The average molecular weight is 233 g/mol. The number of hydrogen-bond acceptors (Lipinski definition) is 4. The molecule has 0 fully saturated rings. The molecular formula is C8H13ClN4O2. The van der Waals surface area contributed by atoms with Crippen molar-refractivity contribution in [1.29, 1.82) is 0 Å². The molecule has 15 heavy (non-hydrogen) atoms. The monoisotopic (exact) mass is 232 g/mol. The smallest absolute Gasteiger partial charge is 0.358 e. The van der Waals surface area contributed by atoms with Gasteiger partial charge < -0.3 is 10.1 Å². The van der Waals surface area contributed by atoms with Crippen molar-refractivity contribution in [3.05, 3.63) is 15.3 Å². The van der Waals surface area contributed by atoms with E-state index in [4.69, 9.17) is 11.6 Å². The number of nitro groups is 1. The Balaban J connectivity index is 2.51. The molecule has 84 valence electrons. The summed E-state index contributed by atoms with van der Waals surface area (Å²) in [5.41, 5.74) is 0. The molecule has 0 amide bonds. The third-order valence-corrected chi connectivity index (χ3v) is 2.42. The molecule has 1 rings (SSSR count). The first-order valence-electron chi connectivity index (χ1n) is 4.90. The maximum Gasteiger partial charge on any atom is 0.429 e. The van der Waals surface area contributed by atoms with Crippen LogP contribution in [0.1, 0.15) is 32.6 Å². The molecule has 0 aliphatic carbocycles. The Labute approximate surface area is 92.4 Å². The zero-order valence-corrected chi connectivity index (χ0v) is 9.27. The topological polar surface area (TPSA) is 73.8 Å². The van der Waals surface area contributed by atoms with Crippen LogP contribution in [0.2, 0.25) is 5.15 Å². The highest BCUT2D eigenvalue weighted by molar-refractivity contribution is 6.31. The van der Waals surface area contributed by atoms with Gasteiger partial charge in [-0.2, -0.15) is 0 Å². The molecule has 7 heteroatoms. The Morgan fingerprint density at radius 1 is 1.47 bits per heavy atom. The van der Waals surface area contributed by atoms with Gasteiger partial charge >= 0.3 is 5.82 Å². The predicted octanol–water partition coefficient (Wildman–Crippen LogP) is 2.42. The third kappa shape index (κ3) is 3.16. The molecule has 0 saturated heterocycles. The van der Waals surface area contributed by atoms with Gasteiger partial charge in [-0.25, -0.2) is 4.68 Å². The van der Waals surface area contributed by atoms with Crippen LogP contribution in [0.25, 0.3) is 0 Å². The van der Waals surface area contributed by atoms with Crippen LogP contribution in [-0.2, 0) is 6.54 Å². The number of aryl methyl sites for hydroxylation is 1. The lowest BCUT2D eigenvalue weighted by atomic mass is 10.2. The molecule has 1 heterocycles. The summed E-state index contributed by atoms with van der Waals surface area (Å²) in [7, 11) is 0. The number of halogens is 1. The fourth-order valence-corrected chi connectivity index (χ4v) is 1.46. The minimum absolute atomic E-state index is 0.0106. The molecule has 0 aliphatic heterocycles. The molecular weight excluding hydrogens is 220 g/mol. The zero-order chi connectivity index (χ0) is 11.3. The molecule has 0 unspecified atom stereocenters. The van der Waals surface area contributed by atoms with Gasteiger partial charge in [0, 0.05) is 6.54 Å². The molecule has 0 aromatic carbocycles. The first kappa shape index (κ1) is 11.9. The average Bonchev–Trinajstić information content (AvgIpc) is 2.55. The Kier molecular flexibility index (Phi) is 4.48. The normalized spacial score (nSPS) is 10.5. The van der Waals surface area contributed by atoms with E-state index in [2.05, 4.69) is 17.2 Å². The van der Waals surface area contributed by atoms with Crippen molar-refractivity contribution in [2.24, 2.45) is 0 Å². The van der Waals surface area contributed by atoms with Gasteiger partial charge in [0.1, 0.15) is 5.10 Å². The number of aromatic nitrogens is 3. The molecule has 0 bridgehead atoms. The largest absolute Gasteiger partial charge is 0.429 e. The molecule has 0 radical (unpaired) electrons. The number of rotatable bonds is 6. The summed E-state index contributed by atoms with van der Waals surface area (Å²) >= 11 is 5.73. The van der Waals surface area contributed by atoms with Crippen LogP contribution in [0.3, 0.4) is 0 Å². The zero-order valence-electron chi connectivity index (χ0n) is 8.52. The Hall–Kier alpha value is -1.17. The standard InChI is InChI=1S/C8H13ClN4O2/c1-2-3-4-5-6-12-7(9)8(10-11-12)13(14)15/h2-6H2,1H3. The van der Waals surface area contributed by atoms with Crippen LogP contribution in [0.5, 0.6) is 0 Å². The van der Waals surface area contributed by atoms with E-state index < -0.39 is 4.92 Å². The van der Waals surface area contributed by atoms with Crippen molar-refractivity contribution in [3.8, 4) is 0 Å². The number of nitrogens with zero attached hydrogens (tertiary/aromatic N) is 4. The highest BCUT2D eigenvalue weighted by atomic mass is 35.5. The summed E-state index contributed by atoms with van der Waals surface area (Å²) in [6.45, 7) is 2.70. The SMILES string of the molecule is CCCCCCn1nnc([N+](=O)[O-])c1Cl. The quantitative estimate of drug-likeness (QED) is 0.429. The van der Waals surface area contributed by atoms with Gasteiger partial charge in [0.05, 0.1) is 5.21 Å². The summed E-state index contributed by atoms with van der Waals surface area (Å²) in [4.78, 5) is 9.79. The van der Waals surface area contributed by atoms with Crippen LogP contribution >= 0.6 is 11.6 Å². The van der Waals surface area contributed by atoms with E-state index in [1.165, 1.54) is 4.68 Å². The van der Waals surface area contributed by atoms with Crippen molar-refractivity contribution in [2.45, 2.75) is 39.2 Å². The molecule has 0 saturated carbocycles. The molecule has 0 aliphatic rings. The van der Waals surface area contributed by atoms with Crippen molar-refractivity contribution >= 4 is 17.4 Å². The van der Waals surface area contributed by atoms with Crippen LogP contribution in [0.15, 0.2) is 0 Å². The molecule has 1 aromatic heterocycles. The van der Waals surface area contributed by atoms with Gasteiger partial charge in [-0.3, -0.25) is 0 Å². The lowest BCUT2D eigenvalue weighted by molar-refractivity contribution is -0.389. The van der Waals surface area contributed by atoms with Crippen LogP contribution in [0, 0.1) is 10.1 Å². The summed E-state index contributed by atoms with van der Waals surface area (Å²) < 4.78 is 1.37. The van der Waals surface area contributed by atoms with Crippen LogP contribution in [-0.4, -0.2) is 19.9 Å². The van der Waals surface area contributed by atoms with Crippen molar-refractivity contribution in [3.63, 3.8) is 0 Å². The minimum Gasteiger partial charge on any atom is -0.358 e. The maximum absolute atomic E-state index is 10.4. The summed E-state index contributed by atoms with van der Waals surface area (Å²) in [6.07, 6.45) is 4.27. The van der Waals surface area contributed by atoms with Crippen molar-refractivity contribution in [2.75, 3.05) is 0 Å². The van der Waals surface area contributed by atoms with E-state index >= 15 is 0 Å². The predicted molar refractivity (Wildman–Crippen MR) is 55.8 cm³/mol. The van der Waals surface area contributed by atoms with Crippen LogP contribution in [0.4, 0.5) is 5.82 Å². The van der Waals surface area contributed by atoms with E-state index in [0.717, 1.165) is 25.7 Å².